The second-order valence-electron chi connectivity index (χ2n) is 5.76. The fourth-order valence-corrected chi connectivity index (χ4v) is 2.21. The third-order valence-corrected chi connectivity index (χ3v) is 3.57. The average Bonchev–Trinajstić information content (AvgIpc) is 2.64. The zero-order valence-electron chi connectivity index (χ0n) is 15.1. The van der Waals surface area contributed by atoms with Crippen LogP contribution in [0.15, 0.2) is 59.6 Å². The number of anilines is 1. The maximum absolute atomic E-state index is 8.70. The highest BCUT2D eigenvalue weighted by atomic mass is 127. The molecule has 0 unspecified atom stereocenters. The molecule has 0 spiro atoms. The highest BCUT2D eigenvalue weighted by Gasteiger charge is 2.00. The van der Waals surface area contributed by atoms with Crippen LogP contribution in [-0.2, 0) is 11.3 Å². The predicted octanol–water partition coefficient (Wildman–Crippen LogP) is 3.57. The van der Waals surface area contributed by atoms with Gasteiger partial charge >= 0.3 is 0 Å². The summed E-state index contributed by atoms with van der Waals surface area (Å²) in [5, 5.41) is 15.3. The van der Waals surface area contributed by atoms with Crippen molar-refractivity contribution in [2.45, 2.75) is 19.9 Å². The van der Waals surface area contributed by atoms with Crippen LogP contribution in [-0.4, -0.2) is 37.4 Å². The summed E-state index contributed by atoms with van der Waals surface area (Å²) in [5.74, 6) is 0.744. The molecule has 0 radical (unpaired) electrons. The minimum atomic E-state index is 0. The molecule has 2 aromatic carbocycles. The standard InChI is InChI=1S/C20H27N3O2.HI/c1-17-8-10-18(11-9-17)16-22-20(21-12-5-14-25-15-13-24)23-19-6-3-2-4-7-19;/h2-4,6-11,24H,5,12-16H2,1H3,(H2,21,22,23);1H. The van der Waals surface area contributed by atoms with Crippen LogP contribution in [0.2, 0.25) is 0 Å². The summed E-state index contributed by atoms with van der Waals surface area (Å²) in [4.78, 5) is 4.67. The Kier molecular flexibility index (Phi) is 11.7. The lowest BCUT2D eigenvalue weighted by atomic mass is 10.1. The van der Waals surface area contributed by atoms with Crippen molar-refractivity contribution in [3.8, 4) is 0 Å². The molecule has 0 fully saturated rings. The predicted molar refractivity (Wildman–Crippen MR) is 118 cm³/mol. The van der Waals surface area contributed by atoms with Crippen molar-refractivity contribution in [1.29, 1.82) is 0 Å². The fraction of sp³-hybridized carbons (Fsp3) is 0.350. The average molecular weight is 469 g/mol. The van der Waals surface area contributed by atoms with E-state index in [9.17, 15) is 0 Å². The highest BCUT2D eigenvalue weighted by Crippen LogP contribution is 2.07. The summed E-state index contributed by atoms with van der Waals surface area (Å²) < 4.78 is 5.27. The summed E-state index contributed by atoms with van der Waals surface area (Å²) in [5.41, 5.74) is 3.41. The van der Waals surface area contributed by atoms with E-state index in [1.54, 1.807) is 0 Å². The number of guanidine groups is 1. The van der Waals surface area contributed by atoms with Gasteiger partial charge in [-0.3, -0.25) is 0 Å². The molecule has 26 heavy (non-hydrogen) atoms. The van der Waals surface area contributed by atoms with Crippen molar-refractivity contribution in [2.24, 2.45) is 4.99 Å². The number of para-hydroxylation sites is 1. The topological polar surface area (TPSA) is 65.9 Å². The van der Waals surface area contributed by atoms with Crippen molar-refractivity contribution in [2.75, 3.05) is 31.7 Å². The van der Waals surface area contributed by atoms with Gasteiger partial charge < -0.3 is 20.5 Å². The number of nitrogens with one attached hydrogen (secondary N) is 2. The van der Waals surface area contributed by atoms with E-state index < -0.39 is 0 Å². The second kappa shape index (κ2) is 13.5. The Balaban J connectivity index is 0.00000338. The molecule has 0 saturated heterocycles. The molecule has 0 aliphatic heterocycles. The molecule has 2 rings (SSSR count). The number of hydrogen-bond acceptors (Lipinski definition) is 3. The number of hydrogen-bond donors (Lipinski definition) is 3. The quantitative estimate of drug-likeness (QED) is 0.228. The Labute approximate surface area is 172 Å². The number of aliphatic hydroxyl groups excluding tert-OH is 1. The van der Waals surface area contributed by atoms with E-state index in [2.05, 4.69) is 46.8 Å². The summed E-state index contributed by atoms with van der Waals surface area (Å²) in [7, 11) is 0. The number of rotatable bonds is 9. The molecule has 0 bridgehead atoms. The minimum Gasteiger partial charge on any atom is -0.394 e. The van der Waals surface area contributed by atoms with Gasteiger partial charge in [-0.05, 0) is 31.0 Å². The first-order valence-corrected chi connectivity index (χ1v) is 8.62. The van der Waals surface area contributed by atoms with Crippen LogP contribution in [0.4, 0.5) is 5.69 Å². The lowest BCUT2D eigenvalue weighted by molar-refractivity contribution is 0.0913. The molecule has 5 nitrogen and oxygen atoms in total. The van der Waals surface area contributed by atoms with Gasteiger partial charge in [0.25, 0.3) is 0 Å². The SMILES string of the molecule is Cc1ccc(CN=C(NCCCOCCO)Nc2ccccc2)cc1.I. The van der Waals surface area contributed by atoms with E-state index in [1.165, 1.54) is 11.1 Å². The van der Waals surface area contributed by atoms with Crippen LogP contribution in [0.3, 0.4) is 0 Å². The molecule has 0 amide bonds. The van der Waals surface area contributed by atoms with Crippen molar-refractivity contribution >= 4 is 35.6 Å². The molecule has 0 aliphatic rings. The number of nitrogens with zero attached hydrogens (tertiary/aromatic N) is 1. The normalized spacial score (nSPS) is 10.9. The number of benzene rings is 2. The van der Waals surface area contributed by atoms with Gasteiger partial charge in [-0.25, -0.2) is 4.99 Å². The lowest BCUT2D eigenvalue weighted by Gasteiger charge is -2.13. The Hall–Kier alpha value is -1.64. The van der Waals surface area contributed by atoms with E-state index in [-0.39, 0.29) is 30.6 Å². The van der Waals surface area contributed by atoms with Gasteiger partial charge in [-0.1, -0.05) is 48.0 Å². The smallest absolute Gasteiger partial charge is 0.196 e. The van der Waals surface area contributed by atoms with Crippen LogP contribution < -0.4 is 10.6 Å². The van der Waals surface area contributed by atoms with Gasteiger partial charge in [-0.2, -0.15) is 0 Å². The van der Waals surface area contributed by atoms with Gasteiger partial charge in [0, 0.05) is 18.8 Å². The largest absolute Gasteiger partial charge is 0.394 e. The van der Waals surface area contributed by atoms with E-state index in [0.29, 0.717) is 19.8 Å². The number of aliphatic imine (C=N–C) groups is 1. The number of aliphatic hydroxyl groups is 1. The number of ether oxygens (including phenoxy) is 1. The molecule has 0 saturated carbocycles. The maximum Gasteiger partial charge on any atom is 0.196 e. The van der Waals surface area contributed by atoms with E-state index >= 15 is 0 Å². The summed E-state index contributed by atoms with van der Waals surface area (Å²) in [6, 6.07) is 18.4. The molecular formula is C20H28IN3O2. The molecule has 2 aromatic rings. The fourth-order valence-electron chi connectivity index (χ4n) is 2.21. The first-order valence-electron chi connectivity index (χ1n) is 8.62. The van der Waals surface area contributed by atoms with E-state index in [0.717, 1.165) is 24.6 Å². The molecule has 3 N–H and O–H groups in total. The van der Waals surface area contributed by atoms with Crippen LogP contribution >= 0.6 is 24.0 Å². The minimum absolute atomic E-state index is 0. The third kappa shape index (κ3) is 9.17. The van der Waals surface area contributed by atoms with Gasteiger partial charge in [0.2, 0.25) is 0 Å². The van der Waals surface area contributed by atoms with Crippen LogP contribution in [0.25, 0.3) is 0 Å². The summed E-state index contributed by atoms with van der Waals surface area (Å²) >= 11 is 0. The van der Waals surface area contributed by atoms with Gasteiger partial charge in [-0.15, -0.1) is 24.0 Å². The van der Waals surface area contributed by atoms with E-state index in [4.69, 9.17) is 9.84 Å². The zero-order valence-corrected chi connectivity index (χ0v) is 17.5. The Bertz CT molecular complexity index is 633. The summed E-state index contributed by atoms with van der Waals surface area (Å²) in [6.45, 7) is 4.50. The van der Waals surface area contributed by atoms with Crippen molar-refractivity contribution < 1.29 is 9.84 Å². The second-order valence-corrected chi connectivity index (χ2v) is 5.76. The molecule has 0 aromatic heterocycles. The maximum atomic E-state index is 8.70. The zero-order chi connectivity index (χ0) is 17.7. The van der Waals surface area contributed by atoms with Gasteiger partial charge in [0.05, 0.1) is 19.8 Å². The van der Waals surface area contributed by atoms with Crippen LogP contribution in [0, 0.1) is 6.92 Å². The monoisotopic (exact) mass is 469 g/mol. The molecule has 0 aliphatic carbocycles. The van der Waals surface area contributed by atoms with Crippen molar-refractivity contribution in [3.63, 3.8) is 0 Å². The molecule has 0 heterocycles. The van der Waals surface area contributed by atoms with Crippen LogP contribution in [0.1, 0.15) is 17.5 Å². The molecule has 0 atom stereocenters. The molecular weight excluding hydrogens is 441 g/mol. The highest BCUT2D eigenvalue weighted by molar-refractivity contribution is 14.0. The summed E-state index contributed by atoms with van der Waals surface area (Å²) in [6.07, 6.45) is 0.847. The number of halogens is 1. The van der Waals surface area contributed by atoms with Gasteiger partial charge in [0.1, 0.15) is 0 Å². The Morgan fingerprint density at radius 2 is 1.77 bits per heavy atom. The Morgan fingerprint density at radius 1 is 1.04 bits per heavy atom. The van der Waals surface area contributed by atoms with E-state index in [1.807, 2.05) is 30.3 Å². The third-order valence-electron chi connectivity index (χ3n) is 3.57. The number of aryl methyl sites for hydroxylation is 1. The van der Waals surface area contributed by atoms with Crippen LogP contribution in [0.5, 0.6) is 0 Å². The first kappa shape index (κ1) is 22.4. The first-order chi connectivity index (χ1) is 12.3. The molecule has 142 valence electrons. The Morgan fingerprint density at radius 3 is 2.46 bits per heavy atom. The molecule has 6 heteroatoms. The van der Waals surface area contributed by atoms with Crippen molar-refractivity contribution in [1.82, 2.24) is 5.32 Å². The van der Waals surface area contributed by atoms with Gasteiger partial charge in [0.15, 0.2) is 5.96 Å². The lowest BCUT2D eigenvalue weighted by Crippen LogP contribution is -2.32. The van der Waals surface area contributed by atoms with Crippen molar-refractivity contribution in [3.05, 3.63) is 65.7 Å².